The third-order valence-corrected chi connectivity index (χ3v) is 7.94. The molecule has 2 aromatic carbocycles. The van der Waals surface area contributed by atoms with E-state index in [0.29, 0.717) is 10.0 Å². The van der Waals surface area contributed by atoms with E-state index in [-0.39, 0.29) is 16.5 Å². The first-order valence-corrected chi connectivity index (χ1v) is 10.5. The Morgan fingerprint density at radius 2 is 1.85 bits per heavy atom. The van der Waals surface area contributed by atoms with Gasteiger partial charge in [-0.1, -0.05) is 47.6 Å². The number of hydrogen-bond acceptors (Lipinski definition) is 4. The van der Waals surface area contributed by atoms with Gasteiger partial charge in [-0.15, -0.1) is 0 Å². The van der Waals surface area contributed by atoms with Crippen molar-refractivity contribution in [2.24, 2.45) is 11.1 Å². The third-order valence-electron chi connectivity index (χ3n) is 4.78. The second-order valence-electron chi connectivity index (χ2n) is 6.29. The lowest BCUT2D eigenvalue weighted by atomic mass is 10.00. The summed E-state index contributed by atoms with van der Waals surface area (Å²) in [5, 5.41) is 0.155. The molecule has 0 aliphatic heterocycles. The van der Waals surface area contributed by atoms with Crippen LogP contribution in [0.5, 0.6) is 0 Å². The van der Waals surface area contributed by atoms with Crippen LogP contribution in [0.15, 0.2) is 53.4 Å². The topological polar surface area (TPSA) is 69.4 Å². The molecule has 1 aliphatic rings. The molecule has 2 aromatic rings. The molecule has 0 saturated heterocycles. The van der Waals surface area contributed by atoms with Gasteiger partial charge >= 0.3 is 0 Å². The van der Waals surface area contributed by atoms with Gasteiger partial charge in [0.1, 0.15) is 0 Å². The second kappa shape index (κ2) is 7.09. The van der Waals surface area contributed by atoms with Crippen LogP contribution < -0.4 is 5.73 Å². The number of methoxy groups -OCH3 is 1. The summed E-state index contributed by atoms with van der Waals surface area (Å²) >= 11 is 17.3. The van der Waals surface area contributed by atoms with E-state index < -0.39 is 26.4 Å². The van der Waals surface area contributed by atoms with Gasteiger partial charge in [-0.3, -0.25) is 0 Å². The highest BCUT2D eigenvalue weighted by atomic mass is 35.5. The standard InChI is InChI=1S/C18H17Cl2NO3S2/c1-24-10-18(17(21)25)15(11-3-2-4-13(20)9-11)16(18)26(22,23)14-7-5-12(19)6-8-14/h2-9,15-16H,10H2,1H3,(H2,21,25)/t15-,16+,18+/m1/s1. The predicted molar refractivity (Wildman–Crippen MR) is 108 cm³/mol. The number of sulfone groups is 1. The van der Waals surface area contributed by atoms with Crippen LogP contribution in [0.1, 0.15) is 11.5 Å². The summed E-state index contributed by atoms with van der Waals surface area (Å²) in [6, 6.07) is 13.1. The van der Waals surface area contributed by atoms with Crippen molar-refractivity contribution >= 4 is 50.2 Å². The van der Waals surface area contributed by atoms with E-state index in [4.69, 9.17) is 45.9 Å². The van der Waals surface area contributed by atoms with Crippen LogP contribution in [-0.2, 0) is 14.6 Å². The number of benzene rings is 2. The minimum absolute atomic E-state index is 0.108. The smallest absolute Gasteiger partial charge is 0.182 e. The molecule has 0 unspecified atom stereocenters. The van der Waals surface area contributed by atoms with Crippen molar-refractivity contribution in [1.29, 1.82) is 0 Å². The average Bonchev–Trinajstić information content (AvgIpc) is 3.27. The third kappa shape index (κ3) is 3.14. The van der Waals surface area contributed by atoms with E-state index in [1.54, 1.807) is 30.3 Å². The van der Waals surface area contributed by atoms with E-state index in [1.165, 1.54) is 19.2 Å². The van der Waals surface area contributed by atoms with Crippen molar-refractivity contribution in [3.63, 3.8) is 0 Å². The van der Waals surface area contributed by atoms with Crippen LogP contribution in [0, 0.1) is 5.41 Å². The average molecular weight is 430 g/mol. The highest BCUT2D eigenvalue weighted by Gasteiger charge is 2.73. The van der Waals surface area contributed by atoms with Gasteiger partial charge < -0.3 is 10.5 Å². The van der Waals surface area contributed by atoms with Crippen LogP contribution in [0.4, 0.5) is 0 Å². The largest absolute Gasteiger partial charge is 0.393 e. The van der Waals surface area contributed by atoms with Crippen molar-refractivity contribution in [3.8, 4) is 0 Å². The minimum Gasteiger partial charge on any atom is -0.393 e. The summed E-state index contributed by atoms with van der Waals surface area (Å²) in [5.41, 5.74) is 5.80. The summed E-state index contributed by atoms with van der Waals surface area (Å²) in [7, 11) is -2.22. The van der Waals surface area contributed by atoms with Crippen LogP contribution >= 0.6 is 35.4 Å². The molecular formula is C18H17Cl2NO3S2. The Morgan fingerprint density at radius 3 is 2.38 bits per heavy atom. The van der Waals surface area contributed by atoms with Crippen LogP contribution in [0.3, 0.4) is 0 Å². The molecule has 138 valence electrons. The van der Waals surface area contributed by atoms with Crippen molar-refractivity contribution in [2.45, 2.75) is 16.1 Å². The van der Waals surface area contributed by atoms with Gasteiger partial charge in [0.25, 0.3) is 0 Å². The number of ether oxygens (including phenoxy) is 1. The van der Waals surface area contributed by atoms with Crippen LogP contribution in [-0.4, -0.2) is 32.4 Å². The zero-order valence-electron chi connectivity index (χ0n) is 13.9. The fourth-order valence-corrected chi connectivity index (χ4v) is 6.68. The highest BCUT2D eigenvalue weighted by Crippen LogP contribution is 2.64. The first-order chi connectivity index (χ1) is 12.2. The number of hydrogen-bond donors (Lipinski definition) is 1. The molecule has 0 spiro atoms. The predicted octanol–water partition coefficient (Wildman–Crippen LogP) is 3.85. The van der Waals surface area contributed by atoms with Gasteiger partial charge in [0.05, 0.1) is 27.2 Å². The Hall–Kier alpha value is -1.18. The van der Waals surface area contributed by atoms with Crippen molar-refractivity contribution < 1.29 is 13.2 Å². The Kier molecular flexibility index (Phi) is 5.34. The van der Waals surface area contributed by atoms with E-state index in [0.717, 1.165) is 5.56 Å². The fourth-order valence-electron chi connectivity index (χ4n) is 3.58. The first-order valence-electron chi connectivity index (χ1n) is 7.79. The van der Waals surface area contributed by atoms with Gasteiger partial charge in [0.15, 0.2) is 9.84 Å². The molecule has 0 amide bonds. The Morgan fingerprint density at radius 1 is 1.19 bits per heavy atom. The molecule has 2 N–H and O–H groups in total. The van der Waals surface area contributed by atoms with Gasteiger partial charge in [0, 0.05) is 23.1 Å². The van der Waals surface area contributed by atoms with E-state index in [1.807, 2.05) is 6.07 Å². The Labute approximate surface area is 168 Å². The van der Waals surface area contributed by atoms with Crippen molar-refractivity contribution in [1.82, 2.24) is 0 Å². The molecule has 3 rings (SSSR count). The minimum atomic E-state index is -3.72. The monoisotopic (exact) mass is 429 g/mol. The lowest BCUT2D eigenvalue weighted by molar-refractivity contribution is 0.166. The highest BCUT2D eigenvalue weighted by molar-refractivity contribution is 7.92. The zero-order valence-corrected chi connectivity index (χ0v) is 17.0. The molecule has 0 aromatic heterocycles. The maximum atomic E-state index is 13.3. The fraction of sp³-hybridized carbons (Fsp3) is 0.278. The molecule has 26 heavy (non-hydrogen) atoms. The molecule has 0 radical (unpaired) electrons. The quantitative estimate of drug-likeness (QED) is 0.705. The molecule has 8 heteroatoms. The summed E-state index contributed by atoms with van der Waals surface area (Å²) in [6.07, 6.45) is 0. The molecular weight excluding hydrogens is 413 g/mol. The summed E-state index contributed by atoms with van der Waals surface area (Å²) < 4.78 is 32.0. The number of nitrogens with two attached hydrogens (primary N) is 1. The molecule has 3 atom stereocenters. The van der Waals surface area contributed by atoms with Crippen LogP contribution in [0.25, 0.3) is 0 Å². The summed E-state index contributed by atoms with van der Waals surface area (Å²) in [4.78, 5) is 0.292. The maximum absolute atomic E-state index is 13.3. The van der Waals surface area contributed by atoms with E-state index in [9.17, 15) is 8.42 Å². The Bertz CT molecular complexity index is 947. The molecule has 4 nitrogen and oxygen atoms in total. The maximum Gasteiger partial charge on any atom is 0.182 e. The Balaban J connectivity index is 2.13. The molecule has 0 bridgehead atoms. The van der Waals surface area contributed by atoms with Gasteiger partial charge in [-0.2, -0.15) is 0 Å². The number of halogens is 2. The van der Waals surface area contributed by atoms with Crippen LogP contribution in [0.2, 0.25) is 10.0 Å². The molecule has 1 saturated carbocycles. The van der Waals surface area contributed by atoms with Crippen molar-refractivity contribution in [3.05, 3.63) is 64.1 Å². The summed E-state index contributed by atoms with van der Waals surface area (Å²) in [6.45, 7) is 0.108. The lowest BCUT2D eigenvalue weighted by Gasteiger charge is -2.16. The van der Waals surface area contributed by atoms with Gasteiger partial charge in [-0.25, -0.2) is 8.42 Å². The number of rotatable bonds is 6. The SMILES string of the molecule is COC[C@]1(C(N)=S)[C@H](c2cccc(Cl)c2)[C@@H]1S(=O)(=O)c1ccc(Cl)cc1. The number of thiocarbonyl (C=S) groups is 1. The van der Waals surface area contributed by atoms with Gasteiger partial charge in [-0.05, 0) is 42.0 Å². The normalized spacial score (nSPS) is 25.0. The van der Waals surface area contributed by atoms with Crippen molar-refractivity contribution in [2.75, 3.05) is 13.7 Å². The van der Waals surface area contributed by atoms with Gasteiger partial charge in [0.2, 0.25) is 0 Å². The molecule has 1 aliphatic carbocycles. The molecule has 1 fully saturated rings. The summed E-state index contributed by atoms with van der Waals surface area (Å²) in [5.74, 6) is -0.431. The van der Waals surface area contributed by atoms with E-state index >= 15 is 0 Å². The second-order valence-corrected chi connectivity index (χ2v) is 9.67. The first kappa shape index (κ1) is 19.6. The zero-order chi connectivity index (χ0) is 19.1. The lowest BCUT2D eigenvalue weighted by Crippen LogP contribution is -2.33. The molecule has 0 heterocycles. The van der Waals surface area contributed by atoms with E-state index in [2.05, 4.69) is 0 Å².